The summed E-state index contributed by atoms with van der Waals surface area (Å²) >= 11 is 0. The normalized spacial score (nSPS) is 17.8. The van der Waals surface area contributed by atoms with Gasteiger partial charge in [-0.25, -0.2) is 0 Å². The van der Waals surface area contributed by atoms with Crippen LogP contribution in [0.15, 0.2) is 121 Å². The van der Waals surface area contributed by atoms with Gasteiger partial charge < -0.3 is 0 Å². The van der Waals surface area contributed by atoms with Crippen LogP contribution in [0.1, 0.15) is 48.9 Å². The largest absolute Gasteiger partial charge is 0.0628 e. The van der Waals surface area contributed by atoms with E-state index in [1.165, 1.54) is 39.0 Å². The molecule has 0 aliphatic heterocycles. The van der Waals surface area contributed by atoms with Crippen molar-refractivity contribution < 1.29 is 0 Å². The van der Waals surface area contributed by atoms with Gasteiger partial charge in [0.25, 0.3) is 0 Å². The van der Waals surface area contributed by atoms with Crippen molar-refractivity contribution in [2.24, 2.45) is 5.92 Å². The van der Waals surface area contributed by atoms with Gasteiger partial charge >= 0.3 is 0 Å². The van der Waals surface area contributed by atoms with Crippen molar-refractivity contribution in [1.82, 2.24) is 0 Å². The molecule has 0 heterocycles. The second kappa shape index (κ2) is 9.69. The number of hydrogen-bond donors (Lipinski definition) is 0. The van der Waals surface area contributed by atoms with Crippen molar-refractivity contribution in [2.75, 3.05) is 0 Å². The van der Waals surface area contributed by atoms with Gasteiger partial charge in [-0.3, -0.25) is 0 Å². The van der Waals surface area contributed by atoms with E-state index in [1.807, 2.05) is 0 Å². The van der Waals surface area contributed by atoms with Gasteiger partial charge in [-0.15, -0.1) is 0 Å². The second-order valence-electron chi connectivity index (χ2n) is 9.55. The summed E-state index contributed by atoms with van der Waals surface area (Å²) < 4.78 is 0. The molecule has 0 aromatic heterocycles. The van der Waals surface area contributed by atoms with Gasteiger partial charge in [-0.05, 0) is 63.8 Å². The molecular formula is C34H31. The minimum absolute atomic E-state index is 0.316. The Morgan fingerprint density at radius 3 is 1.59 bits per heavy atom. The fraction of sp³-hybridized carbons (Fsp3) is 0.176. The molecule has 0 heteroatoms. The lowest BCUT2D eigenvalue weighted by Crippen LogP contribution is -2.25. The molecule has 0 spiro atoms. The lowest BCUT2D eigenvalue weighted by Gasteiger charge is -2.33. The molecule has 4 aromatic carbocycles. The number of allylic oxidation sites excluding steroid dienone is 4. The molecule has 1 aliphatic rings. The van der Waals surface area contributed by atoms with Gasteiger partial charge in [0.2, 0.25) is 0 Å². The fourth-order valence-electron chi connectivity index (χ4n) is 5.16. The van der Waals surface area contributed by atoms with Crippen molar-refractivity contribution in [3.63, 3.8) is 0 Å². The van der Waals surface area contributed by atoms with Crippen LogP contribution in [-0.4, -0.2) is 0 Å². The molecule has 5 rings (SSSR count). The van der Waals surface area contributed by atoms with Crippen LogP contribution in [0.25, 0.3) is 16.7 Å². The maximum Gasteiger partial charge on any atom is 0.0473 e. The zero-order valence-electron chi connectivity index (χ0n) is 20.0. The van der Waals surface area contributed by atoms with Gasteiger partial charge in [0.15, 0.2) is 0 Å². The lowest BCUT2D eigenvalue weighted by molar-refractivity contribution is 0.486. The minimum atomic E-state index is -0.316. The van der Waals surface area contributed by atoms with E-state index >= 15 is 0 Å². The molecule has 1 radical (unpaired) electrons. The van der Waals surface area contributed by atoms with Crippen LogP contribution in [0.5, 0.6) is 0 Å². The number of hydrogen-bond acceptors (Lipinski definition) is 0. The van der Waals surface area contributed by atoms with Crippen LogP contribution in [0.4, 0.5) is 0 Å². The highest BCUT2D eigenvalue weighted by molar-refractivity contribution is 6.20. The van der Waals surface area contributed by atoms with E-state index in [0.29, 0.717) is 5.92 Å². The third-order valence-corrected chi connectivity index (χ3v) is 6.82. The summed E-state index contributed by atoms with van der Waals surface area (Å²) in [6.07, 6.45) is 6.28. The number of benzene rings is 4. The molecule has 4 aromatic rings. The minimum Gasteiger partial charge on any atom is -0.0628 e. The maximum atomic E-state index is 4.13. The monoisotopic (exact) mass is 439 g/mol. The van der Waals surface area contributed by atoms with Gasteiger partial charge in [-0.2, -0.15) is 0 Å². The zero-order valence-corrected chi connectivity index (χ0v) is 20.0. The van der Waals surface area contributed by atoms with Crippen molar-refractivity contribution >= 4 is 16.7 Å². The Hall–Kier alpha value is -3.64. The summed E-state index contributed by atoms with van der Waals surface area (Å²) in [7, 11) is 0. The Bertz CT molecular complexity index is 1280. The second-order valence-corrected chi connectivity index (χ2v) is 9.55. The molecule has 167 valence electrons. The molecule has 0 saturated carbocycles. The van der Waals surface area contributed by atoms with Gasteiger partial charge in [-0.1, -0.05) is 135 Å². The Balaban J connectivity index is 1.88. The summed E-state index contributed by atoms with van der Waals surface area (Å²) in [5, 5.41) is 0. The van der Waals surface area contributed by atoms with Crippen molar-refractivity contribution in [2.45, 2.75) is 32.1 Å². The third-order valence-electron chi connectivity index (χ3n) is 6.82. The Labute approximate surface area is 204 Å². The average Bonchev–Trinajstić information content (AvgIpc) is 3.26. The first-order chi connectivity index (χ1) is 16.7. The zero-order chi connectivity index (χ0) is 23.4. The van der Waals surface area contributed by atoms with Crippen molar-refractivity contribution in [3.05, 3.63) is 150 Å². The highest BCUT2D eigenvalue weighted by Crippen LogP contribution is 2.56. The SMILES string of the molecule is CC(C)CCC1(c2ccccc2)[C]=C(c2ccccc2)C(c2ccccc2)=C1c1ccccc1. The molecule has 0 fully saturated rings. The van der Waals surface area contributed by atoms with Crippen LogP contribution < -0.4 is 0 Å². The van der Waals surface area contributed by atoms with E-state index in [9.17, 15) is 0 Å². The van der Waals surface area contributed by atoms with Gasteiger partial charge in [0, 0.05) is 5.41 Å². The van der Waals surface area contributed by atoms with Gasteiger partial charge in [0.05, 0.1) is 0 Å². The molecule has 0 bridgehead atoms. The molecule has 0 saturated heterocycles. The maximum absolute atomic E-state index is 4.13. The van der Waals surface area contributed by atoms with E-state index in [4.69, 9.17) is 0 Å². The van der Waals surface area contributed by atoms with Crippen LogP contribution in [-0.2, 0) is 5.41 Å². The topological polar surface area (TPSA) is 0 Å². The molecule has 1 atom stereocenters. The fourth-order valence-corrected chi connectivity index (χ4v) is 5.16. The Kier molecular flexibility index (Phi) is 6.32. The first kappa shape index (κ1) is 22.2. The van der Waals surface area contributed by atoms with Gasteiger partial charge in [0.1, 0.15) is 0 Å². The lowest BCUT2D eigenvalue weighted by atomic mass is 9.69. The summed E-state index contributed by atoms with van der Waals surface area (Å²) in [4.78, 5) is 0. The summed E-state index contributed by atoms with van der Waals surface area (Å²) in [6.45, 7) is 4.64. The molecule has 1 unspecified atom stereocenters. The van der Waals surface area contributed by atoms with Crippen LogP contribution in [0.2, 0.25) is 0 Å². The molecule has 0 amide bonds. The van der Waals surface area contributed by atoms with E-state index < -0.39 is 0 Å². The van der Waals surface area contributed by atoms with Crippen LogP contribution >= 0.6 is 0 Å². The Morgan fingerprint density at radius 1 is 0.588 bits per heavy atom. The Morgan fingerprint density at radius 2 is 1.06 bits per heavy atom. The smallest absolute Gasteiger partial charge is 0.0473 e. The van der Waals surface area contributed by atoms with E-state index in [2.05, 4.69) is 141 Å². The first-order valence-electron chi connectivity index (χ1n) is 12.3. The average molecular weight is 440 g/mol. The summed E-state index contributed by atoms with van der Waals surface area (Å²) in [5.41, 5.74) is 8.60. The molecular weight excluding hydrogens is 408 g/mol. The highest BCUT2D eigenvalue weighted by Gasteiger charge is 2.43. The predicted octanol–water partition coefficient (Wildman–Crippen LogP) is 8.87. The van der Waals surface area contributed by atoms with Crippen molar-refractivity contribution in [3.8, 4) is 0 Å². The number of rotatable bonds is 7. The molecule has 1 aliphatic carbocycles. The van der Waals surface area contributed by atoms with E-state index in [-0.39, 0.29) is 5.41 Å². The van der Waals surface area contributed by atoms with E-state index in [0.717, 1.165) is 12.8 Å². The first-order valence-corrected chi connectivity index (χ1v) is 12.3. The van der Waals surface area contributed by atoms with Crippen LogP contribution in [0, 0.1) is 12.0 Å². The standard InChI is InChI=1S/C34H31/c1-26(2)23-24-34(30-21-13-6-14-22-30)25-31(27-15-7-3-8-16-27)32(28-17-9-4-10-18-28)33(34)29-19-11-5-12-20-29/h3-22,26H,23-24H2,1-2H3. The molecule has 0 nitrogen and oxygen atoms in total. The van der Waals surface area contributed by atoms with Crippen molar-refractivity contribution in [1.29, 1.82) is 0 Å². The van der Waals surface area contributed by atoms with Crippen LogP contribution in [0.3, 0.4) is 0 Å². The predicted molar refractivity (Wildman–Crippen MR) is 145 cm³/mol. The highest BCUT2D eigenvalue weighted by atomic mass is 14.4. The third kappa shape index (κ3) is 4.17. The summed E-state index contributed by atoms with van der Waals surface area (Å²) in [5.74, 6) is 0.611. The molecule has 34 heavy (non-hydrogen) atoms. The quantitative estimate of drug-likeness (QED) is 0.270. The molecule has 0 N–H and O–H groups in total. The summed E-state index contributed by atoms with van der Waals surface area (Å²) in [6, 6.07) is 43.6. The van der Waals surface area contributed by atoms with E-state index in [1.54, 1.807) is 0 Å².